The third kappa shape index (κ3) is 2.91. The summed E-state index contributed by atoms with van der Waals surface area (Å²) in [7, 11) is 0. The maximum absolute atomic E-state index is 11.9. The Kier molecular flexibility index (Phi) is 4.01. The van der Waals surface area contributed by atoms with E-state index in [0.717, 1.165) is 29.7 Å². The molecule has 3 heteroatoms. The van der Waals surface area contributed by atoms with Crippen molar-refractivity contribution in [2.75, 3.05) is 11.9 Å². The molecule has 1 aliphatic rings. The van der Waals surface area contributed by atoms with E-state index >= 15 is 0 Å². The van der Waals surface area contributed by atoms with Crippen LogP contribution in [0, 0.1) is 24.7 Å². The molecule has 0 heterocycles. The largest absolute Gasteiger partial charge is 0.326 e. The molecule has 94 valence electrons. The van der Waals surface area contributed by atoms with E-state index in [1.54, 1.807) is 0 Å². The number of nitrogens with one attached hydrogen (secondary N) is 1. The second-order valence-corrected chi connectivity index (χ2v) is 4.65. The Balaban J connectivity index is 2.12. The lowest BCUT2D eigenvalue weighted by atomic mass is 9.85. The van der Waals surface area contributed by atoms with E-state index in [4.69, 9.17) is 5.73 Å². The topological polar surface area (TPSA) is 55.1 Å². The van der Waals surface area contributed by atoms with Gasteiger partial charge in [-0.05, 0) is 37.5 Å². The zero-order chi connectivity index (χ0) is 13.0. The van der Waals surface area contributed by atoms with Crippen LogP contribution in [0.5, 0.6) is 0 Å². The molecule has 0 atom stereocenters. The maximum atomic E-state index is 11.9. The predicted molar refractivity (Wildman–Crippen MR) is 73.1 cm³/mol. The number of carbonyl (C=O) groups excluding carboxylic acids is 1. The molecule has 0 aliphatic heterocycles. The zero-order valence-electron chi connectivity index (χ0n) is 10.6. The number of nitrogens with two attached hydrogens (primary N) is 1. The highest BCUT2D eigenvalue weighted by Gasteiger charge is 2.25. The van der Waals surface area contributed by atoms with Gasteiger partial charge in [-0.25, -0.2) is 0 Å². The zero-order valence-corrected chi connectivity index (χ0v) is 10.6. The fourth-order valence-corrected chi connectivity index (χ4v) is 1.89. The molecule has 0 bridgehead atoms. The van der Waals surface area contributed by atoms with Crippen molar-refractivity contribution in [1.82, 2.24) is 0 Å². The van der Waals surface area contributed by atoms with Crippen molar-refractivity contribution in [3.05, 3.63) is 29.3 Å². The summed E-state index contributed by atoms with van der Waals surface area (Å²) in [5.74, 6) is 6.12. The van der Waals surface area contributed by atoms with Gasteiger partial charge in [-0.15, -0.1) is 0 Å². The van der Waals surface area contributed by atoms with Gasteiger partial charge in [0.2, 0.25) is 5.91 Å². The van der Waals surface area contributed by atoms with Crippen LogP contribution >= 0.6 is 0 Å². The first-order valence-electron chi connectivity index (χ1n) is 6.31. The van der Waals surface area contributed by atoms with Crippen LogP contribution in [0.2, 0.25) is 0 Å². The number of carbonyl (C=O) groups is 1. The van der Waals surface area contributed by atoms with Crippen LogP contribution in [0.25, 0.3) is 0 Å². The van der Waals surface area contributed by atoms with E-state index in [9.17, 15) is 4.79 Å². The van der Waals surface area contributed by atoms with Gasteiger partial charge in [0.1, 0.15) is 0 Å². The summed E-state index contributed by atoms with van der Waals surface area (Å²) in [4.78, 5) is 11.9. The van der Waals surface area contributed by atoms with Gasteiger partial charge >= 0.3 is 0 Å². The minimum Gasteiger partial charge on any atom is -0.326 e. The van der Waals surface area contributed by atoms with Gasteiger partial charge in [0.15, 0.2) is 0 Å². The third-order valence-electron chi connectivity index (χ3n) is 3.31. The maximum Gasteiger partial charge on any atom is 0.227 e. The summed E-state index contributed by atoms with van der Waals surface area (Å²) in [6, 6.07) is 5.82. The van der Waals surface area contributed by atoms with Crippen molar-refractivity contribution in [3.8, 4) is 11.8 Å². The predicted octanol–water partition coefficient (Wildman–Crippen LogP) is 2.04. The molecule has 0 unspecified atom stereocenters. The van der Waals surface area contributed by atoms with E-state index in [2.05, 4.69) is 17.2 Å². The molecule has 0 spiro atoms. The van der Waals surface area contributed by atoms with Crippen LogP contribution in [-0.4, -0.2) is 12.5 Å². The average Bonchev–Trinajstić information content (AvgIpc) is 2.28. The third-order valence-corrected chi connectivity index (χ3v) is 3.31. The molecular weight excluding hydrogens is 224 g/mol. The van der Waals surface area contributed by atoms with Crippen LogP contribution in [0.4, 0.5) is 5.69 Å². The van der Waals surface area contributed by atoms with Crippen LogP contribution in [-0.2, 0) is 4.79 Å². The van der Waals surface area contributed by atoms with Crippen molar-refractivity contribution in [1.29, 1.82) is 0 Å². The molecule has 3 N–H and O–H groups in total. The summed E-state index contributed by atoms with van der Waals surface area (Å²) < 4.78 is 0. The SMILES string of the molecule is Cc1ccc(C#CCN)cc1NC(=O)C1CCC1. The standard InChI is InChI=1S/C15H18N2O/c1-11-7-8-12(4-3-9-16)10-14(11)17-15(18)13-5-2-6-13/h7-8,10,13H,2,5-6,9,16H2,1H3,(H,17,18). The van der Waals surface area contributed by atoms with E-state index in [0.29, 0.717) is 6.54 Å². The molecule has 1 fully saturated rings. The van der Waals surface area contributed by atoms with Gasteiger partial charge < -0.3 is 11.1 Å². The Morgan fingerprint density at radius 2 is 2.28 bits per heavy atom. The Hall–Kier alpha value is -1.79. The van der Waals surface area contributed by atoms with Gasteiger partial charge in [-0.3, -0.25) is 4.79 Å². The van der Waals surface area contributed by atoms with E-state index < -0.39 is 0 Å². The van der Waals surface area contributed by atoms with Crippen LogP contribution in [0.15, 0.2) is 18.2 Å². The lowest BCUT2D eigenvalue weighted by Gasteiger charge is -2.24. The quantitative estimate of drug-likeness (QED) is 0.780. The highest BCUT2D eigenvalue weighted by molar-refractivity contribution is 5.93. The first kappa shape index (κ1) is 12.7. The Labute approximate surface area is 108 Å². The first-order valence-corrected chi connectivity index (χ1v) is 6.31. The molecule has 1 aromatic rings. The molecule has 3 nitrogen and oxygen atoms in total. The minimum atomic E-state index is 0.133. The van der Waals surface area contributed by atoms with Gasteiger partial charge in [-0.1, -0.05) is 24.3 Å². The van der Waals surface area contributed by atoms with Crippen LogP contribution < -0.4 is 11.1 Å². The molecule has 1 aromatic carbocycles. The number of aryl methyl sites for hydroxylation is 1. The number of benzene rings is 1. The van der Waals surface area contributed by atoms with E-state index in [1.807, 2.05) is 25.1 Å². The summed E-state index contributed by atoms with van der Waals surface area (Å²) >= 11 is 0. The molecule has 0 radical (unpaired) electrons. The summed E-state index contributed by atoms with van der Waals surface area (Å²) in [6.45, 7) is 2.33. The Morgan fingerprint density at radius 3 is 2.89 bits per heavy atom. The number of hydrogen-bond donors (Lipinski definition) is 2. The average molecular weight is 242 g/mol. The number of anilines is 1. The number of hydrogen-bond acceptors (Lipinski definition) is 2. The summed E-state index contributed by atoms with van der Waals surface area (Å²) in [5, 5.41) is 2.99. The van der Waals surface area contributed by atoms with Crippen LogP contribution in [0.1, 0.15) is 30.4 Å². The highest BCUT2D eigenvalue weighted by Crippen LogP contribution is 2.28. The smallest absolute Gasteiger partial charge is 0.227 e. The molecule has 2 rings (SSSR count). The van der Waals surface area contributed by atoms with Gasteiger partial charge in [0.25, 0.3) is 0 Å². The fraction of sp³-hybridized carbons (Fsp3) is 0.400. The van der Waals surface area contributed by atoms with E-state index in [1.165, 1.54) is 6.42 Å². The lowest BCUT2D eigenvalue weighted by Crippen LogP contribution is -2.28. The van der Waals surface area contributed by atoms with Crippen molar-refractivity contribution in [2.45, 2.75) is 26.2 Å². The van der Waals surface area contributed by atoms with Crippen LogP contribution in [0.3, 0.4) is 0 Å². The van der Waals surface area contributed by atoms with Crippen molar-refractivity contribution in [2.24, 2.45) is 11.7 Å². The van der Waals surface area contributed by atoms with Crippen molar-refractivity contribution in [3.63, 3.8) is 0 Å². The minimum absolute atomic E-state index is 0.133. The fourth-order valence-electron chi connectivity index (χ4n) is 1.89. The first-order chi connectivity index (χ1) is 8.70. The van der Waals surface area contributed by atoms with Gasteiger partial charge in [-0.2, -0.15) is 0 Å². The molecular formula is C15H18N2O. The second kappa shape index (κ2) is 5.70. The molecule has 1 aliphatic carbocycles. The van der Waals surface area contributed by atoms with Crippen molar-refractivity contribution >= 4 is 11.6 Å². The number of rotatable bonds is 2. The Morgan fingerprint density at radius 1 is 1.50 bits per heavy atom. The highest BCUT2D eigenvalue weighted by atomic mass is 16.1. The second-order valence-electron chi connectivity index (χ2n) is 4.65. The normalized spacial score (nSPS) is 14.3. The molecule has 0 aromatic heterocycles. The Bertz CT molecular complexity index is 507. The summed E-state index contributed by atoms with van der Waals surface area (Å²) in [6.07, 6.45) is 3.19. The molecule has 1 saturated carbocycles. The summed E-state index contributed by atoms with van der Waals surface area (Å²) in [5.41, 5.74) is 8.14. The van der Waals surface area contributed by atoms with Crippen molar-refractivity contribution < 1.29 is 4.79 Å². The van der Waals surface area contributed by atoms with Gasteiger partial charge in [0.05, 0.1) is 6.54 Å². The monoisotopic (exact) mass is 242 g/mol. The van der Waals surface area contributed by atoms with E-state index in [-0.39, 0.29) is 11.8 Å². The lowest BCUT2D eigenvalue weighted by molar-refractivity contribution is -0.122. The van der Waals surface area contributed by atoms with Gasteiger partial charge in [0, 0.05) is 17.2 Å². The molecule has 1 amide bonds. The molecule has 0 saturated heterocycles. The number of amides is 1. The molecule has 18 heavy (non-hydrogen) atoms.